The van der Waals surface area contributed by atoms with E-state index in [2.05, 4.69) is 10.2 Å². The van der Waals surface area contributed by atoms with Gasteiger partial charge in [0.05, 0.1) is 18.0 Å². The second kappa shape index (κ2) is 9.60. The molecule has 1 aromatic carbocycles. The monoisotopic (exact) mass is 313 g/mol. The summed E-state index contributed by atoms with van der Waals surface area (Å²) in [6, 6.07) is 5.03. The second-order valence-electron chi connectivity index (χ2n) is 4.88. The predicted octanol–water partition coefficient (Wildman–Crippen LogP) is 2.61. The van der Waals surface area contributed by atoms with Gasteiger partial charge in [0.25, 0.3) is 0 Å². The minimum absolute atomic E-state index is 0.0535. The molecule has 0 aliphatic carbocycles. The minimum Gasteiger partial charge on any atom is -0.397 e. The summed E-state index contributed by atoms with van der Waals surface area (Å²) in [7, 11) is 2.02. The molecule has 0 atom stereocenters. The van der Waals surface area contributed by atoms with Crippen molar-refractivity contribution in [3.63, 3.8) is 0 Å². The highest BCUT2D eigenvalue weighted by Crippen LogP contribution is 2.23. The number of halogens is 1. The Balaban J connectivity index is 2.26. The maximum absolute atomic E-state index is 11.9. The van der Waals surface area contributed by atoms with E-state index in [0.717, 1.165) is 32.7 Å². The van der Waals surface area contributed by atoms with Crippen molar-refractivity contribution < 1.29 is 9.53 Å². The number of carbonyl (C=O) groups is 1. The number of nitrogens with zero attached hydrogens (tertiary/aromatic N) is 1. The maximum atomic E-state index is 11.9. The molecule has 0 spiro atoms. The first-order chi connectivity index (χ1) is 10.0. The highest BCUT2D eigenvalue weighted by molar-refractivity contribution is 6.31. The summed E-state index contributed by atoms with van der Waals surface area (Å²) in [5.74, 6) is -0.0535. The lowest BCUT2D eigenvalue weighted by atomic mass is 10.2. The Morgan fingerprint density at radius 2 is 2.19 bits per heavy atom. The van der Waals surface area contributed by atoms with Crippen LogP contribution in [0.1, 0.15) is 19.8 Å². The van der Waals surface area contributed by atoms with Gasteiger partial charge in [-0.3, -0.25) is 4.79 Å². The van der Waals surface area contributed by atoms with Gasteiger partial charge in [0.15, 0.2) is 0 Å². The normalized spacial score (nSPS) is 10.9. The topological polar surface area (TPSA) is 67.6 Å². The third kappa shape index (κ3) is 7.32. The van der Waals surface area contributed by atoms with Gasteiger partial charge < -0.3 is 20.7 Å². The quantitative estimate of drug-likeness (QED) is 0.543. The van der Waals surface area contributed by atoms with E-state index in [1.165, 1.54) is 0 Å². The van der Waals surface area contributed by atoms with Crippen LogP contribution in [0.2, 0.25) is 5.02 Å². The van der Waals surface area contributed by atoms with Crippen molar-refractivity contribution >= 4 is 28.9 Å². The Morgan fingerprint density at radius 1 is 1.43 bits per heavy atom. The summed E-state index contributed by atoms with van der Waals surface area (Å²) < 4.78 is 5.29. The fraction of sp³-hybridized carbons (Fsp3) is 0.533. The summed E-state index contributed by atoms with van der Waals surface area (Å²) >= 11 is 5.88. The molecule has 118 valence electrons. The van der Waals surface area contributed by atoms with Crippen molar-refractivity contribution in [3.8, 4) is 0 Å². The zero-order chi connectivity index (χ0) is 15.7. The van der Waals surface area contributed by atoms with Gasteiger partial charge in [0.2, 0.25) is 5.91 Å². The molecule has 0 radical (unpaired) electrons. The van der Waals surface area contributed by atoms with Gasteiger partial charge in [-0.1, -0.05) is 11.6 Å². The molecule has 0 bridgehead atoms. The molecule has 1 aromatic rings. The minimum atomic E-state index is -0.0535. The van der Waals surface area contributed by atoms with E-state index in [-0.39, 0.29) is 5.91 Å². The summed E-state index contributed by atoms with van der Waals surface area (Å²) in [6.45, 7) is 5.16. The Bertz CT molecular complexity index is 455. The predicted molar refractivity (Wildman–Crippen MR) is 87.7 cm³/mol. The number of benzene rings is 1. The number of anilines is 2. The van der Waals surface area contributed by atoms with Crippen LogP contribution < -0.4 is 11.1 Å². The fourth-order valence-electron chi connectivity index (χ4n) is 1.84. The Labute approximate surface area is 131 Å². The van der Waals surface area contributed by atoms with Crippen LogP contribution >= 0.6 is 11.6 Å². The van der Waals surface area contributed by atoms with Gasteiger partial charge in [-0.15, -0.1) is 0 Å². The molecular formula is C15H24ClN3O2. The average molecular weight is 314 g/mol. The first-order valence-electron chi connectivity index (χ1n) is 7.14. The molecule has 6 heteroatoms. The fourth-order valence-corrected chi connectivity index (χ4v) is 2.01. The summed E-state index contributed by atoms with van der Waals surface area (Å²) in [6.07, 6.45) is 1.24. The van der Waals surface area contributed by atoms with Crippen LogP contribution in [0.25, 0.3) is 0 Å². The molecule has 0 aliphatic rings. The number of ether oxygens (including phenoxy) is 1. The van der Waals surface area contributed by atoms with Crippen molar-refractivity contribution in [2.24, 2.45) is 0 Å². The highest BCUT2D eigenvalue weighted by atomic mass is 35.5. The molecule has 0 saturated carbocycles. The van der Waals surface area contributed by atoms with Crippen LogP contribution in [0.4, 0.5) is 11.4 Å². The molecule has 0 aliphatic heterocycles. The van der Waals surface area contributed by atoms with Crippen LogP contribution in [0.15, 0.2) is 18.2 Å². The zero-order valence-corrected chi connectivity index (χ0v) is 13.4. The van der Waals surface area contributed by atoms with Crippen LogP contribution in [0, 0.1) is 0 Å². The standard InChI is InChI=1S/C15H24ClN3O2/c1-3-21-10-9-19(2)8-4-5-15(20)18-14-11-12(16)6-7-13(14)17/h6-7,11H,3-5,8-10,17H2,1-2H3,(H,18,20). The molecule has 1 rings (SSSR count). The number of hydrogen-bond donors (Lipinski definition) is 2. The van der Waals surface area contributed by atoms with Crippen LogP contribution in [-0.2, 0) is 9.53 Å². The Morgan fingerprint density at radius 3 is 2.90 bits per heavy atom. The third-order valence-corrected chi connectivity index (χ3v) is 3.29. The van der Waals surface area contributed by atoms with E-state index >= 15 is 0 Å². The lowest BCUT2D eigenvalue weighted by Gasteiger charge is -2.16. The number of likely N-dealkylation sites (N-methyl/N-ethyl adjacent to an activating group) is 1. The van der Waals surface area contributed by atoms with E-state index < -0.39 is 0 Å². The first kappa shape index (κ1) is 17.8. The van der Waals surface area contributed by atoms with Crippen molar-refractivity contribution in [1.82, 2.24) is 4.90 Å². The van der Waals surface area contributed by atoms with E-state index in [1.807, 2.05) is 14.0 Å². The molecule has 0 aromatic heterocycles. The van der Waals surface area contributed by atoms with Gasteiger partial charge in [0.1, 0.15) is 0 Å². The van der Waals surface area contributed by atoms with Gasteiger partial charge in [-0.2, -0.15) is 0 Å². The lowest BCUT2D eigenvalue weighted by Crippen LogP contribution is -2.25. The molecule has 5 nitrogen and oxygen atoms in total. The van der Waals surface area contributed by atoms with Crippen LogP contribution in [0.5, 0.6) is 0 Å². The summed E-state index contributed by atoms with van der Waals surface area (Å²) in [5, 5.41) is 3.34. The summed E-state index contributed by atoms with van der Waals surface area (Å²) in [5.41, 5.74) is 6.87. The van der Waals surface area contributed by atoms with Crippen molar-refractivity contribution in [3.05, 3.63) is 23.2 Å². The van der Waals surface area contributed by atoms with E-state index in [9.17, 15) is 4.79 Å². The molecule has 1 amide bonds. The van der Waals surface area contributed by atoms with E-state index in [4.69, 9.17) is 22.1 Å². The Hall–Kier alpha value is -1.30. The van der Waals surface area contributed by atoms with Gasteiger partial charge in [-0.25, -0.2) is 0 Å². The average Bonchev–Trinajstić information content (AvgIpc) is 2.43. The molecule has 21 heavy (non-hydrogen) atoms. The van der Waals surface area contributed by atoms with Crippen molar-refractivity contribution in [2.75, 3.05) is 44.4 Å². The van der Waals surface area contributed by atoms with Crippen molar-refractivity contribution in [1.29, 1.82) is 0 Å². The molecule has 0 unspecified atom stereocenters. The number of nitrogens with one attached hydrogen (secondary N) is 1. The first-order valence-corrected chi connectivity index (χ1v) is 7.52. The third-order valence-electron chi connectivity index (χ3n) is 3.05. The van der Waals surface area contributed by atoms with Crippen molar-refractivity contribution in [2.45, 2.75) is 19.8 Å². The smallest absolute Gasteiger partial charge is 0.224 e. The SMILES string of the molecule is CCOCCN(C)CCCC(=O)Nc1cc(Cl)ccc1N. The van der Waals surface area contributed by atoms with Gasteiger partial charge >= 0.3 is 0 Å². The molecule has 0 saturated heterocycles. The molecule has 0 heterocycles. The number of amides is 1. The second-order valence-corrected chi connectivity index (χ2v) is 5.32. The summed E-state index contributed by atoms with van der Waals surface area (Å²) in [4.78, 5) is 14.0. The number of carbonyl (C=O) groups excluding carboxylic acids is 1. The lowest BCUT2D eigenvalue weighted by molar-refractivity contribution is -0.116. The molecule has 3 N–H and O–H groups in total. The molecule has 0 fully saturated rings. The number of hydrogen-bond acceptors (Lipinski definition) is 4. The molecular weight excluding hydrogens is 290 g/mol. The van der Waals surface area contributed by atoms with Crippen LogP contribution in [-0.4, -0.2) is 44.2 Å². The zero-order valence-electron chi connectivity index (χ0n) is 12.7. The van der Waals surface area contributed by atoms with E-state index in [0.29, 0.717) is 22.8 Å². The number of rotatable bonds is 9. The van der Waals surface area contributed by atoms with Gasteiger partial charge in [0, 0.05) is 24.6 Å². The highest BCUT2D eigenvalue weighted by Gasteiger charge is 2.07. The number of nitrogens with two attached hydrogens (primary N) is 1. The maximum Gasteiger partial charge on any atom is 0.224 e. The number of nitrogen functional groups attached to an aromatic ring is 1. The largest absolute Gasteiger partial charge is 0.397 e. The Kier molecular flexibility index (Phi) is 8.12. The van der Waals surface area contributed by atoms with Crippen LogP contribution in [0.3, 0.4) is 0 Å². The van der Waals surface area contributed by atoms with E-state index in [1.54, 1.807) is 18.2 Å². The van der Waals surface area contributed by atoms with Gasteiger partial charge in [-0.05, 0) is 45.1 Å².